The Hall–Kier alpha value is -2.57. The second-order valence-corrected chi connectivity index (χ2v) is 3.51. The molecule has 0 radical (unpaired) electrons. The highest BCUT2D eigenvalue weighted by Crippen LogP contribution is 2.15. The van der Waals surface area contributed by atoms with Gasteiger partial charge in [0.15, 0.2) is 0 Å². The van der Waals surface area contributed by atoms with Gasteiger partial charge in [0.05, 0.1) is 6.42 Å². The molecule has 0 aliphatic heterocycles. The molecule has 0 unspecified atom stereocenters. The molecule has 96 valence electrons. The topological polar surface area (TPSA) is 122 Å². The quantitative estimate of drug-likeness (QED) is 0.623. The van der Waals surface area contributed by atoms with E-state index in [4.69, 9.17) is 10.8 Å². The summed E-state index contributed by atoms with van der Waals surface area (Å²) in [7, 11) is 0. The number of hydrogen-bond acceptors (Lipinski definition) is 3. The van der Waals surface area contributed by atoms with Crippen LogP contribution in [0.1, 0.15) is 12.8 Å². The number of hydrogen-bond donors (Lipinski definition) is 4. The Morgan fingerprint density at radius 2 is 1.72 bits per heavy atom. The van der Waals surface area contributed by atoms with Gasteiger partial charge in [-0.25, -0.2) is 4.79 Å². The van der Waals surface area contributed by atoms with Gasteiger partial charge in [0.2, 0.25) is 5.91 Å². The summed E-state index contributed by atoms with van der Waals surface area (Å²) < 4.78 is 0. The third-order valence-electron chi connectivity index (χ3n) is 1.98. The Labute approximate surface area is 103 Å². The highest BCUT2D eigenvalue weighted by molar-refractivity contribution is 5.94. The van der Waals surface area contributed by atoms with Crippen LogP contribution in [0.5, 0.6) is 0 Å². The van der Waals surface area contributed by atoms with E-state index in [1.807, 2.05) is 0 Å². The van der Waals surface area contributed by atoms with Crippen LogP contribution in [0, 0.1) is 0 Å². The van der Waals surface area contributed by atoms with Gasteiger partial charge in [0, 0.05) is 17.8 Å². The van der Waals surface area contributed by atoms with Gasteiger partial charge in [0.25, 0.3) is 0 Å². The summed E-state index contributed by atoms with van der Waals surface area (Å²) in [5.74, 6) is -1.44. The van der Waals surface area contributed by atoms with Crippen molar-refractivity contribution >= 4 is 29.3 Å². The summed E-state index contributed by atoms with van der Waals surface area (Å²) in [4.78, 5) is 32.3. The minimum Gasteiger partial charge on any atom is -0.481 e. The van der Waals surface area contributed by atoms with E-state index in [-0.39, 0.29) is 12.8 Å². The van der Waals surface area contributed by atoms with Gasteiger partial charge in [-0.15, -0.1) is 0 Å². The fourth-order valence-corrected chi connectivity index (χ4v) is 1.26. The molecular weight excluding hydrogens is 238 g/mol. The summed E-state index contributed by atoms with van der Waals surface area (Å²) in [6.07, 6.45) is -0.339. The van der Waals surface area contributed by atoms with Crippen molar-refractivity contribution in [1.82, 2.24) is 0 Å². The van der Waals surface area contributed by atoms with Crippen LogP contribution in [-0.4, -0.2) is 23.0 Å². The van der Waals surface area contributed by atoms with Crippen molar-refractivity contribution < 1.29 is 19.5 Å². The minimum atomic E-state index is -1.03. The highest BCUT2D eigenvalue weighted by atomic mass is 16.4. The van der Waals surface area contributed by atoms with Gasteiger partial charge < -0.3 is 21.5 Å². The number of amides is 3. The average molecular weight is 251 g/mol. The van der Waals surface area contributed by atoms with E-state index >= 15 is 0 Å². The van der Waals surface area contributed by atoms with Crippen molar-refractivity contribution in [2.75, 3.05) is 10.6 Å². The largest absolute Gasteiger partial charge is 0.481 e. The van der Waals surface area contributed by atoms with Crippen LogP contribution in [0.4, 0.5) is 16.2 Å². The van der Waals surface area contributed by atoms with Crippen LogP contribution in [0.25, 0.3) is 0 Å². The molecule has 5 N–H and O–H groups in total. The maximum Gasteiger partial charge on any atom is 0.316 e. The number of anilines is 2. The lowest BCUT2D eigenvalue weighted by Crippen LogP contribution is -2.19. The number of urea groups is 1. The third-order valence-corrected chi connectivity index (χ3v) is 1.98. The van der Waals surface area contributed by atoms with Gasteiger partial charge in [0.1, 0.15) is 0 Å². The van der Waals surface area contributed by atoms with E-state index in [9.17, 15) is 14.4 Å². The van der Waals surface area contributed by atoms with Gasteiger partial charge in [-0.2, -0.15) is 0 Å². The van der Waals surface area contributed by atoms with Gasteiger partial charge in [-0.1, -0.05) is 6.07 Å². The number of carbonyl (C=O) groups is 3. The lowest BCUT2D eigenvalue weighted by atomic mass is 10.2. The van der Waals surface area contributed by atoms with Crippen molar-refractivity contribution in [3.8, 4) is 0 Å². The van der Waals surface area contributed by atoms with Crippen molar-refractivity contribution in [3.05, 3.63) is 24.3 Å². The first kappa shape index (κ1) is 13.5. The Balaban J connectivity index is 2.58. The fourth-order valence-electron chi connectivity index (χ4n) is 1.26. The highest BCUT2D eigenvalue weighted by Gasteiger charge is 2.06. The Bertz CT molecular complexity index is 473. The van der Waals surface area contributed by atoms with Crippen LogP contribution in [0.15, 0.2) is 24.3 Å². The molecule has 3 amide bonds. The van der Waals surface area contributed by atoms with Crippen molar-refractivity contribution in [2.24, 2.45) is 5.73 Å². The first-order chi connectivity index (χ1) is 8.47. The second-order valence-electron chi connectivity index (χ2n) is 3.51. The molecule has 0 aliphatic rings. The van der Waals surface area contributed by atoms with E-state index in [1.165, 1.54) is 6.07 Å². The number of aliphatic carboxylic acids is 1. The minimum absolute atomic E-state index is 0.108. The molecule has 7 nitrogen and oxygen atoms in total. The molecule has 0 heterocycles. The fraction of sp³-hybridized carbons (Fsp3) is 0.182. The lowest BCUT2D eigenvalue weighted by molar-refractivity contribution is -0.138. The number of benzene rings is 1. The van der Waals surface area contributed by atoms with Crippen LogP contribution in [0.3, 0.4) is 0 Å². The van der Waals surface area contributed by atoms with E-state index < -0.39 is 17.9 Å². The number of carboxylic acid groups (broad SMARTS) is 1. The maximum atomic E-state index is 11.4. The molecule has 1 rings (SSSR count). The zero-order chi connectivity index (χ0) is 13.5. The number of nitrogens with two attached hydrogens (primary N) is 1. The van der Waals surface area contributed by atoms with Gasteiger partial charge >= 0.3 is 12.0 Å². The van der Waals surface area contributed by atoms with E-state index in [0.717, 1.165) is 0 Å². The smallest absolute Gasteiger partial charge is 0.316 e. The van der Waals surface area contributed by atoms with Crippen molar-refractivity contribution in [1.29, 1.82) is 0 Å². The standard InChI is InChI=1S/C11H13N3O4/c12-11(18)14-8-3-1-2-7(6-8)13-9(15)4-5-10(16)17/h1-3,6H,4-5H2,(H,13,15)(H,16,17)(H3,12,14,18). The summed E-state index contributed by atoms with van der Waals surface area (Å²) in [6.45, 7) is 0. The van der Waals surface area contributed by atoms with Gasteiger partial charge in [-0.05, 0) is 18.2 Å². The van der Waals surface area contributed by atoms with E-state index in [2.05, 4.69) is 10.6 Å². The molecule has 0 spiro atoms. The molecule has 18 heavy (non-hydrogen) atoms. The molecule has 0 atom stereocenters. The summed E-state index contributed by atoms with van der Waals surface area (Å²) in [6, 6.07) is 5.66. The second kappa shape index (κ2) is 6.24. The molecule has 7 heteroatoms. The normalized spacial score (nSPS) is 9.56. The molecule has 0 aromatic heterocycles. The summed E-state index contributed by atoms with van der Waals surface area (Å²) in [5.41, 5.74) is 5.85. The number of carboxylic acids is 1. The first-order valence-electron chi connectivity index (χ1n) is 5.15. The van der Waals surface area contributed by atoms with Crippen molar-refractivity contribution in [2.45, 2.75) is 12.8 Å². The predicted octanol–water partition coefficient (Wildman–Crippen LogP) is 0.980. The maximum absolute atomic E-state index is 11.4. The molecule has 1 aromatic rings. The number of carbonyl (C=O) groups excluding carboxylic acids is 2. The van der Waals surface area contributed by atoms with Crippen LogP contribution < -0.4 is 16.4 Å². The third kappa shape index (κ3) is 4.97. The number of rotatable bonds is 5. The molecular formula is C11H13N3O4. The number of nitrogens with one attached hydrogen (secondary N) is 2. The van der Waals surface area contributed by atoms with E-state index in [1.54, 1.807) is 18.2 Å². The molecule has 0 saturated heterocycles. The average Bonchev–Trinajstić information content (AvgIpc) is 2.26. The zero-order valence-corrected chi connectivity index (χ0v) is 9.47. The first-order valence-corrected chi connectivity index (χ1v) is 5.15. The zero-order valence-electron chi connectivity index (χ0n) is 9.47. The predicted molar refractivity (Wildman–Crippen MR) is 65.1 cm³/mol. The Kier molecular flexibility index (Phi) is 4.67. The van der Waals surface area contributed by atoms with Crippen LogP contribution >= 0.6 is 0 Å². The SMILES string of the molecule is NC(=O)Nc1cccc(NC(=O)CCC(=O)O)c1. The molecule has 0 saturated carbocycles. The lowest BCUT2D eigenvalue weighted by Gasteiger charge is -2.07. The molecule has 1 aromatic carbocycles. The molecule has 0 bridgehead atoms. The molecule has 0 fully saturated rings. The molecule has 0 aliphatic carbocycles. The summed E-state index contributed by atoms with van der Waals surface area (Å²) in [5, 5.41) is 13.3. The summed E-state index contributed by atoms with van der Waals surface area (Å²) >= 11 is 0. The monoisotopic (exact) mass is 251 g/mol. The van der Waals surface area contributed by atoms with Crippen LogP contribution in [-0.2, 0) is 9.59 Å². The van der Waals surface area contributed by atoms with Gasteiger partial charge in [-0.3, -0.25) is 9.59 Å². The van der Waals surface area contributed by atoms with Crippen LogP contribution in [0.2, 0.25) is 0 Å². The Morgan fingerprint density at radius 1 is 1.11 bits per heavy atom. The number of primary amides is 1. The van der Waals surface area contributed by atoms with E-state index in [0.29, 0.717) is 11.4 Å². The Morgan fingerprint density at radius 3 is 2.28 bits per heavy atom. The van der Waals surface area contributed by atoms with Crippen molar-refractivity contribution in [3.63, 3.8) is 0 Å².